The highest BCUT2D eigenvalue weighted by Gasteiger charge is 2.38. The van der Waals surface area contributed by atoms with Crippen molar-refractivity contribution in [3.63, 3.8) is 0 Å². The monoisotopic (exact) mass is 312 g/mol. The van der Waals surface area contributed by atoms with Crippen LogP contribution in [0.1, 0.15) is 5.56 Å². The molecule has 0 radical (unpaired) electrons. The average Bonchev–Trinajstić information content (AvgIpc) is 2.95. The Morgan fingerprint density at radius 1 is 1.09 bits per heavy atom. The molecule has 0 spiro atoms. The van der Waals surface area contributed by atoms with Crippen LogP contribution in [0.15, 0.2) is 54.6 Å². The van der Waals surface area contributed by atoms with E-state index >= 15 is 0 Å². The van der Waals surface area contributed by atoms with Gasteiger partial charge in [-0.05, 0) is 16.7 Å². The molecule has 0 bridgehead atoms. The van der Waals surface area contributed by atoms with E-state index in [0.717, 1.165) is 11.1 Å². The summed E-state index contributed by atoms with van der Waals surface area (Å²) in [6, 6.07) is 17.2. The van der Waals surface area contributed by atoms with E-state index in [2.05, 4.69) is 34.9 Å². The lowest BCUT2D eigenvalue weighted by molar-refractivity contribution is -0.141. The number of carboxylic acids is 1. The summed E-state index contributed by atoms with van der Waals surface area (Å²) in [4.78, 5) is 11.0. The zero-order valence-corrected chi connectivity index (χ0v) is 12.6. The Hall–Kier alpha value is -2.21. The van der Waals surface area contributed by atoms with Crippen LogP contribution < -0.4 is 10.6 Å². The van der Waals surface area contributed by atoms with Crippen LogP contribution >= 0.6 is 0 Å². The zero-order valence-electron chi connectivity index (χ0n) is 12.6. The molecule has 23 heavy (non-hydrogen) atoms. The molecule has 2 aromatic carbocycles. The van der Waals surface area contributed by atoms with Gasteiger partial charge in [-0.15, -0.1) is 0 Å². The van der Waals surface area contributed by atoms with Crippen LogP contribution in [0.3, 0.4) is 0 Å². The minimum atomic E-state index is -1.02. The highest BCUT2D eigenvalue weighted by Crippen LogP contribution is 2.19. The summed E-state index contributed by atoms with van der Waals surface area (Å²) in [6.45, 7) is 1.03. The van der Waals surface area contributed by atoms with E-state index in [1.54, 1.807) is 0 Å². The summed E-state index contributed by atoms with van der Waals surface area (Å²) in [7, 11) is 0. The molecule has 5 nitrogen and oxygen atoms in total. The number of hydrogen-bond donors (Lipinski definition) is 4. The number of aliphatic hydroxyl groups is 1. The van der Waals surface area contributed by atoms with Gasteiger partial charge >= 0.3 is 5.97 Å². The van der Waals surface area contributed by atoms with Crippen molar-refractivity contribution in [2.75, 3.05) is 6.54 Å². The third-order valence-corrected chi connectivity index (χ3v) is 4.21. The SMILES string of the molecule is O=C(O)C1NC[C@@H](NCc2ccc(-c3ccccc3)cc2)[C@@H]1O. The van der Waals surface area contributed by atoms with Gasteiger partial charge in [-0.3, -0.25) is 4.79 Å². The first kappa shape index (κ1) is 15.7. The Labute approximate surface area is 135 Å². The van der Waals surface area contributed by atoms with Gasteiger partial charge in [0.2, 0.25) is 0 Å². The first-order valence-corrected chi connectivity index (χ1v) is 7.67. The van der Waals surface area contributed by atoms with Crippen LogP contribution in [0.2, 0.25) is 0 Å². The first-order chi connectivity index (χ1) is 11.1. The number of nitrogens with one attached hydrogen (secondary N) is 2. The van der Waals surface area contributed by atoms with E-state index in [4.69, 9.17) is 5.11 Å². The smallest absolute Gasteiger partial charge is 0.323 e. The fourth-order valence-corrected chi connectivity index (χ4v) is 2.85. The molecule has 0 amide bonds. The minimum Gasteiger partial charge on any atom is -0.480 e. The third-order valence-electron chi connectivity index (χ3n) is 4.21. The van der Waals surface area contributed by atoms with Crippen LogP contribution in [0.5, 0.6) is 0 Å². The zero-order chi connectivity index (χ0) is 16.2. The van der Waals surface area contributed by atoms with Gasteiger partial charge in [-0.1, -0.05) is 54.6 Å². The molecule has 1 aliphatic rings. The Bertz CT molecular complexity index is 658. The standard InChI is InChI=1S/C18H20N2O3/c21-17-15(11-20-16(17)18(22)23)19-10-12-6-8-14(9-7-12)13-4-2-1-3-5-13/h1-9,15-17,19-21H,10-11H2,(H,22,23)/t15-,16?,17+/m1/s1. The van der Waals surface area contributed by atoms with Crippen molar-refractivity contribution >= 4 is 5.97 Å². The van der Waals surface area contributed by atoms with Crippen LogP contribution in [0.4, 0.5) is 0 Å². The fourth-order valence-electron chi connectivity index (χ4n) is 2.85. The maximum atomic E-state index is 11.0. The number of benzene rings is 2. The second-order valence-electron chi connectivity index (χ2n) is 5.77. The van der Waals surface area contributed by atoms with Crippen molar-refractivity contribution in [1.82, 2.24) is 10.6 Å². The van der Waals surface area contributed by atoms with Gasteiger partial charge in [0.15, 0.2) is 0 Å². The highest BCUT2D eigenvalue weighted by atomic mass is 16.4. The van der Waals surface area contributed by atoms with E-state index in [-0.39, 0.29) is 6.04 Å². The third kappa shape index (κ3) is 3.59. The lowest BCUT2D eigenvalue weighted by Gasteiger charge is -2.17. The van der Waals surface area contributed by atoms with Crippen molar-refractivity contribution in [1.29, 1.82) is 0 Å². The topological polar surface area (TPSA) is 81.6 Å². The normalized spacial score (nSPS) is 23.8. The first-order valence-electron chi connectivity index (χ1n) is 7.67. The molecule has 1 unspecified atom stereocenters. The fraction of sp³-hybridized carbons (Fsp3) is 0.278. The predicted octanol–water partition coefficient (Wildman–Crippen LogP) is 1.23. The molecule has 0 aliphatic carbocycles. The number of rotatable bonds is 5. The molecule has 0 aromatic heterocycles. The van der Waals surface area contributed by atoms with E-state index in [0.29, 0.717) is 13.1 Å². The number of aliphatic hydroxyl groups excluding tert-OH is 1. The Balaban J connectivity index is 1.58. The van der Waals surface area contributed by atoms with Crippen molar-refractivity contribution in [3.8, 4) is 11.1 Å². The molecular formula is C18H20N2O3. The van der Waals surface area contributed by atoms with E-state index < -0.39 is 18.1 Å². The maximum Gasteiger partial charge on any atom is 0.323 e. The Kier molecular flexibility index (Phi) is 4.71. The quantitative estimate of drug-likeness (QED) is 0.668. The van der Waals surface area contributed by atoms with Gasteiger partial charge in [-0.2, -0.15) is 0 Å². The molecule has 1 fully saturated rings. The van der Waals surface area contributed by atoms with Crippen LogP contribution in [0, 0.1) is 0 Å². The molecule has 4 N–H and O–H groups in total. The summed E-state index contributed by atoms with van der Waals surface area (Å²) in [5, 5.41) is 25.0. The second kappa shape index (κ2) is 6.91. The van der Waals surface area contributed by atoms with Crippen molar-refractivity contribution < 1.29 is 15.0 Å². The summed E-state index contributed by atoms with van der Waals surface area (Å²) in [5.74, 6) is -1.02. The van der Waals surface area contributed by atoms with Gasteiger partial charge in [0.25, 0.3) is 0 Å². The van der Waals surface area contributed by atoms with Crippen molar-refractivity contribution in [2.45, 2.75) is 24.7 Å². The van der Waals surface area contributed by atoms with E-state index in [1.165, 1.54) is 5.56 Å². The lowest BCUT2D eigenvalue weighted by Crippen LogP contribution is -2.44. The number of hydrogen-bond acceptors (Lipinski definition) is 4. The van der Waals surface area contributed by atoms with E-state index in [9.17, 15) is 9.90 Å². The molecule has 5 heteroatoms. The van der Waals surface area contributed by atoms with Crippen molar-refractivity contribution in [2.24, 2.45) is 0 Å². The predicted molar refractivity (Wildman–Crippen MR) is 87.9 cm³/mol. The summed E-state index contributed by atoms with van der Waals surface area (Å²) in [5.41, 5.74) is 3.42. The molecule has 1 aliphatic heterocycles. The molecule has 120 valence electrons. The maximum absolute atomic E-state index is 11.0. The molecule has 1 heterocycles. The summed E-state index contributed by atoms with van der Waals surface area (Å²) < 4.78 is 0. The Morgan fingerprint density at radius 3 is 2.35 bits per heavy atom. The summed E-state index contributed by atoms with van der Waals surface area (Å²) in [6.07, 6.45) is -0.920. The molecular weight excluding hydrogens is 292 g/mol. The van der Waals surface area contributed by atoms with Gasteiger partial charge in [0.1, 0.15) is 6.04 Å². The number of carbonyl (C=O) groups is 1. The summed E-state index contributed by atoms with van der Waals surface area (Å²) >= 11 is 0. The molecule has 3 atom stereocenters. The number of carboxylic acid groups (broad SMARTS) is 1. The molecule has 2 aromatic rings. The van der Waals surface area contributed by atoms with Crippen LogP contribution in [0.25, 0.3) is 11.1 Å². The van der Waals surface area contributed by atoms with E-state index in [1.807, 2.05) is 30.3 Å². The largest absolute Gasteiger partial charge is 0.480 e. The van der Waals surface area contributed by atoms with Gasteiger partial charge < -0.3 is 20.8 Å². The van der Waals surface area contributed by atoms with Gasteiger partial charge in [0, 0.05) is 19.1 Å². The highest BCUT2D eigenvalue weighted by molar-refractivity contribution is 5.75. The van der Waals surface area contributed by atoms with Crippen LogP contribution in [-0.4, -0.2) is 40.9 Å². The average molecular weight is 312 g/mol. The van der Waals surface area contributed by atoms with Gasteiger partial charge in [0.05, 0.1) is 6.10 Å². The second-order valence-corrected chi connectivity index (χ2v) is 5.77. The number of aliphatic carboxylic acids is 1. The minimum absolute atomic E-state index is 0.259. The van der Waals surface area contributed by atoms with Crippen molar-refractivity contribution in [3.05, 3.63) is 60.2 Å². The molecule has 1 saturated heterocycles. The van der Waals surface area contributed by atoms with Crippen LogP contribution in [-0.2, 0) is 11.3 Å². The Morgan fingerprint density at radius 2 is 1.74 bits per heavy atom. The molecule has 0 saturated carbocycles. The lowest BCUT2D eigenvalue weighted by atomic mass is 10.0. The molecule has 3 rings (SSSR count). The van der Waals surface area contributed by atoms with Gasteiger partial charge in [-0.25, -0.2) is 0 Å².